The zero-order valence-electron chi connectivity index (χ0n) is 27.9. The van der Waals surface area contributed by atoms with Gasteiger partial charge >= 0.3 is 24.3 Å². The molecule has 2 fully saturated rings. The quantitative estimate of drug-likeness (QED) is 0.153. The molecule has 0 bridgehead atoms. The molecule has 0 amide bonds. The lowest BCUT2D eigenvalue weighted by Crippen LogP contribution is -2.64. The molecule has 3 heterocycles. The van der Waals surface area contributed by atoms with Gasteiger partial charge in [-0.25, -0.2) is 19.6 Å². The van der Waals surface area contributed by atoms with Gasteiger partial charge in [-0.05, 0) is 61.9 Å². The third kappa shape index (κ3) is 10.6. The maximum absolute atomic E-state index is 10.6. The zero-order valence-corrected chi connectivity index (χ0v) is 27.9. The number of carbonyl (C=O) groups is 2. The minimum atomic E-state index is -5.08. The van der Waals surface area contributed by atoms with Crippen molar-refractivity contribution in [2.75, 3.05) is 23.3 Å². The average molecular weight is 738 g/mol. The maximum atomic E-state index is 10.6. The molecule has 18 heteroatoms. The Balaban J connectivity index is 0.000000367. The van der Waals surface area contributed by atoms with E-state index in [4.69, 9.17) is 34.9 Å². The van der Waals surface area contributed by atoms with Gasteiger partial charge < -0.3 is 30.6 Å². The molecule has 2 aromatic heterocycles. The maximum Gasteiger partial charge on any atom is 0.490 e. The first-order valence-corrected chi connectivity index (χ1v) is 16.2. The molecule has 1 saturated carbocycles. The molecule has 5 N–H and O–H groups in total. The molecule has 2 unspecified atom stereocenters. The van der Waals surface area contributed by atoms with Gasteiger partial charge in [0, 0.05) is 54.6 Å². The predicted octanol–water partition coefficient (Wildman–Crippen LogP) is 6.74. The van der Waals surface area contributed by atoms with Crippen LogP contribution >= 0.6 is 0 Å². The van der Waals surface area contributed by atoms with E-state index in [1.54, 1.807) is 6.92 Å². The second-order valence-electron chi connectivity index (χ2n) is 12.3. The van der Waals surface area contributed by atoms with Crippen molar-refractivity contribution in [2.24, 2.45) is 11.7 Å². The summed E-state index contributed by atoms with van der Waals surface area (Å²) in [5.74, 6) is -3.34. The molecule has 2 aliphatic rings. The van der Waals surface area contributed by atoms with Crippen molar-refractivity contribution in [2.45, 2.75) is 69.4 Å². The Bertz CT molecular complexity index is 1750. The highest BCUT2D eigenvalue weighted by Gasteiger charge is 2.45. The average Bonchev–Trinajstić information content (AvgIpc) is 3.56. The van der Waals surface area contributed by atoms with Crippen LogP contribution in [0.4, 0.5) is 38.0 Å². The van der Waals surface area contributed by atoms with Crippen LogP contribution in [0.15, 0.2) is 71.3 Å². The standard InChI is InChI=1S/C30H35N7O.2C2HF3O2/c1-21-35-36-28(38-21)23-12-14-25(15-13-23)37-19-7-10-24(20-37)30(31)17-6-5-11-27(30)34-29-32-18-16-26(33-29)22-8-3-2-4-9-22;2*3-2(4,5)1(6)7/h2-4,8-9,12-16,18,24,27H,5-7,10-11,17,19-20,31H2,1H3,(H,32,33,34);2*(H,6,7)/t24-,27?,30?;;/m0../s1. The highest BCUT2D eigenvalue weighted by atomic mass is 19.4. The van der Waals surface area contributed by atoms with E-state index < -0.39 is 24.3 Å². The summed E-state index contributed by atoms with van der Waals surface area (Å²) in [6, 6.07) is 20.8. The van der Waals surface area contributed by atoms with Crippen molar-refractivity contribution in [3.05, 3.63) is 72.8 Å². The van der Waals surface area contributed by atoms with E-state index in [0.29, 0.717) is 23.6 Å². The number of hydrogen-bond acceptors (Lipinski definition) is 10. The second kappa shape index (κ2) is 16.8. The molecule has 1 saturated heterocycles. The van der Waals surface area contributed by atoms with Crippen molar-refractivity contribution >= 4 is 23.6 Å². The summed E-state index contributed by atoms with van der Waals surface area (Å²) in [4.78, 5) is 29.7. The number of alkyl halides is 6. The van der Waals surface area contributed by atoms with E-state index in [1.807, 2.05) is 30.5 Å². The van der Waals surface area contributed by atoms with Gasteiger partial charge in [0.1, 0.15) is 0 Å². The minimum Gasteiger partial charge on any atom is -0.475 e. The molecule has 0 radical (unpaired) electrons. The van der Waals surface area contributed by atoms with Gasteiger partial charge in [0.05, 0.1) is 5.69 Å². The lowest BCUT2D eigenvalue weighted by Gasteiger charge is -2.50. The number of aryl methyl sites for hydroxylation is 1. The van der Waals surface area contributed by atoms with Crippen molar-refractivity contribution in [1.82, 2.24) is 20.2 Å². The number of aliphatic carboxylic acids is 2. The highest BCUT2D eigenvalue weighted by Crippen LogP contribution is 2.39. The Morgan fingerprint density at radius 1 is 0.885 bits per heavy atom. The summed E-state index contributed by atoms with van der Waals surface area (Å²) >= 11 is 0. The zero-order chi connectivity index (χ0) is 38.1. The number of halogens is 6. The van der Waals surface area contributed by atoms with Crippen molar-refractivity contribution in [3.8, 4) is 22.7 Å². The van der Waals surface area contributed by atoms with E-state index in [-0.39, 0.29) is 11.6 Å². The molecule has 6 rings (SSSR count). The molecule has 4 aromatic rings. The van der Waals surface area contributed by atoms with Gasteiger partial charge in [0.2, 0.25) is 17.7 Å². The van der Waals surface area contributed by atoms with Crippen molar-refractivity contribution in [1.29, 1.82) is 0 Å². The Kier molecular flexibility index (Phi) is 12.8. The van der Waals surface area contributed by atoms with Crippen LogP contribution in [0.25, 0.3) is 22.7 Å². The fourth-order valence-electron chi connectivity index (χ4n) is 6.15. The summed E-state index contributed by atoms with van der Waals surface area (Å²) in [6.45, 7) is 3.78. The van der Waals surface area contributed by atoms with Crippen LogP contribution in [0, 0.1) is 12.8 Å². The monoisotopic (exact) mass is 737 g/mol. The van der Waals surface area contributed by atoms with E-state index in [9.17, 15) is 26.3 Å². The molecule has 3 atom stereocenters. The smallest absolute Gasteiger partial charge is 0.475 e. The first-order valence-electron chi connectivity index (χ1n) is 16.2. The Morgan fingerprint density at radius 2 is 1.52 bits per heavy atom. The van der Waals surface area contributed by atoms with Crippen molar-refractivity contribution in [3.63, 3.8) is 0 Å². The molecule has 52 heavy (non-hydrogen) atoms. The van der Waals surface area contributed by atoms with Crippen LogP contribution in [0.2, 0.25) is 0 Å². The normalized spacial score (nSPS) is 20.4. The van der Waals surface area contributed by atoms with Crippen LogP contribution in [0.5, 0.6) is 0 Å². The fraction of sp³-hybridized carbons (Fsp3) is 0.412. The number of carboxylic acid groups (broad SMARTS) is 2. The molecular formula is C34H37F6N7O5. The fourth-order valence-corrected chi connectivity index (χ4v) is 6.15. The van der Waals surface area contributed by atoms with E-state index in [1.165, 1.54) is 12.1 Å². The van der Waals surface area contributed by atoms with Crippen LogP contribution in [-0.2, 0) is 9.59 Å². The van der Waals surface area contributed by atoms with Gasteiger partial charge in [-0.15, -0.1) is 10.2 Å². The van der Waals surface area contributed by atoms with Gasteiger partial charge in [-0.2, -0.15) is 26.3 Å². The van der Waals surface area contributed by atoms with E-state index in [0.717, 1.165) is 62.0 Å². The van der Waals surface area contributed by atoms with Gasteiger partial charge in [0.25, 0.3) is 0 Å². The molecule has 2 aromatic carbocycles. The number of benzene rings is 2. The number of anilines is 2. The number of nitrogens with zero attached hydrogens (tertiary/aromatic N) is 5. The summed E-state index contributed by atoms with van der Waals surface area (Å²) in [5.41, 5.74) is 11.2. The van der Waals surface area contributed by atoms with Crippen molar-refractivity contribution < 1.29 is 50.6 Å². The third-order valence-electron chi connectivity index (χ3n) is 8.70. The second-order valence-corrected chi connectivity index (χ2v) is 12.3. The number of rotatable bonds is 6. The molecule has 0 spiro atoms. The molecule has 12 nitrogen and oxygen atoms in total. The van der Waals surface area contributed by atoms with Crippen LogP contribution in [0.3, 0.4) is 0 Å². The summed E-state index contributed by atoms with van der Waals surface area (Å²) in [5, 5.41) is 26.0. The Labute approximate surface area is 294 Å². The number of nitrogens with two attached hydrogens (primary N) is 1. The van der Waals surface area contributed by atoms with Gasteiger partial charge in [-0.1, -0.05) is 43.2 Å². The largest absolute Gasteiger partial charge is 0.490 e. The van der Waals surface area contributed by atoms with Crippen LogP contribution in [0.1, 0.15) is 44.4 Å². The molecule has 1 aliphatic carbocycles. The summed E-state index contributed by atoms with van der Waals surface area (Å²) in [7, 11) is 0. The first kappa shape index (κ1) is 39.5. The molecule has 280 valence electrons. The number of aromatic nitrogens is 4. The lowest BCUT2D eigenvalue weighted by molar-refractivity contribution is -0.193. The summed E-state index contributed by atoms with van der Waals surface area (Å²) < 4.78 is 69.1. The molecule has 1 aliphatic heterocycles. The Morgan fingerprint density at radius 3 is 2.10 bits per heavy atom. The number of carboxylic acids is 2. The van der Waals surface area contributed by atoms with Crippen LogP contribution in [-0.4, -0.2) is 79.3 Å². The Hall–Kier alpha value is -5.26. The first-order chi connectivity index (χ1) is 24.5. The van der Waals surface area contributed by atoms with E-state index >= 15 is 0 Å². The van der Waals surface area contributed by atoms with Gasteiger partial charge in [0.15, 0.2) is 0 Å². The van der Waals surface area contributed by atoms with Crippen LogP contribution < -0.4 is 16.0 Å². The molecular weight excluding hydrogens is 700 g/mol. The minimum absolute atomic E-state index is 0.135. The highest BCUT2D eigenvalue weighted by molar-refractivity contribution is 5.73. The number of piperidine rings is 1. The third-order valence-corrected chi connectivity index (χ3v) is 8.70. The SMILES string of the molecule is Cc1nnc(-c2ccc(N3CCC[C@H](C4(N)CCCCC4Nc4nccc(-c5ccccc5)n4)C3)cc2)o1.O=C(O)C(F)(F)F.O=C(O)C(F)(F)F. The topological polar surface area (TPSA) is 181 Å². The lowest BCUT2D eigenvalue weighted by atomic mass is 9.67. The van der Waals surface area contributed by atoms with Gasteiger partial charge in [-0.3, -0.25) is 0 Å². The summed E-state index contributed by atoms with van der Waals surface area (Å²) in [6.07, 6.45) is -1.70. The predicted molar refractivity (Wildman–Crippen MR) is 177 cm³/mol. The number of hydrogen-bond donors (Lipinski definition) is 4. The number of nitrogens with one attached hydrogen (secondary N) is 1. The van der Waals surface area contributed by atoms with E-state index in [2.05, 4.69) is 61.8 Å².